The first-order valence-electron chi connectivity index (χ1n) is 10.9. The van der Waals surface area contributed by atoms with Crippen LogP contribution in [0.4, 0.5) is 0 Å². The number of nitrogens with zero attached hydrogens (tertiary/aromatic N) is 3. The lowest BCUT2D eigenvalue weighted by Crippen LogP contribution is -2.39. The Hall–Kier alpha value is -2.17. The smallest absolute Gasteiger partial charge is 0.261 e. The monoisotopic (exact) mass is 399 g/mol. The summed E-state index contributed by atoms with van der Waals surface area (Å²) in [7, 11) is 0. The van der Waals surface area contributed by atoms with Gasteiger partial charge in [0.25, 0.3) is 5.56 Å². The molecule has 2 atom stereocenters. The van der Waals surface area contributed by atoms with Gasteiger partial charge in [0.1, 0.15) is 5.82 Å². The molecule has 5 heteroatoms. The highest BCUT2D eigenvalue weighted by molar-refractivity contribution is 5.78. The number of hydrogen-bond acceptors (Lipinski definition) is 3. The van der Waals surface area contributed by atoms with Crippen LogP contribution >= 0.6 is 0 Å². The van der Waals surface area contributed by atoms with Crippen LogP contribution in [0.1, 0.15) is 79.6 Å². The van der Waals surface area contributed by atoms with Crippen LogP contribution in [-0.2, 0) is 11.3 Å². The molecule has 0 fully saturated rings. The number of benzene rings is 1. The lowest BCUT2D eigenvalue weighted by atomic mass is 9.84. The van der Waals surface area contributed by atoms with Crippen molar-refractivity contribution in [1.82, 2.24) is 14.5 Å². The van der Waals surface area contributed by atoms with Crippen LogP contribution in [0, 0.1) is 11.3 Å². The van der Waals surface area contributed by atoms with E-state index in [1.807, 2.05) is 43.0 Å². The lowest BCUT2D eigenvalue weighted by Gasteiger charge is -2.32. The Kier molecular flexibility index (Phi) is 7.61. The normalized spacial score (nSPS) is 14.0. The van der Waals surface area contributed by atoms with E-state index in [4.69, 9.17) is 4.98 Å². The number of fused-ring (bicyclic) bond motifs is 1. The summed E-state index contributed by atoms with van der Waals surface area (Å²) in [5.41, 5.74) is 0.850. The number of carbonyl (C=O) groups is 1. The maximum absolute atomic E-state index is 13.2. The third-order valence-corrected chi connectivity index (χ3v) is 5.32. The summed E-state index contributed by atoms with van der Waals surface area (Å²) >= 11 is 0. The molecule has 0 N–H and O–H groups in total. The van der Waals surface area contributed by atoms with Crippen LogP contribution in [0.5, 0.6) is 0 Å². The minimum atomic E-state index is -0.249. The summed E-state index contributed by atoms with van der Waals surface area (Å²) in [5.74, 6) is 1.12. The van der Waals surface area contributed by atoms with Crippen molar-refractivity contribution in [3.05, 3.63) is 40.4 Å². The van der Waals surface area contributed by atoms with E-state index in [1.165, 1.54) is 0 Å². The lowest BCUT2D eigenvalue weighted by molar-refractivity contribution is -0.134. The molecule has 0 saturated heterocycles. The summed E-state index contributed by atoms with van der Waals surface area (Å²) < 4.78 is 1.71. The molecule has 0 bridgehead atoms. The zero-order valence-electron chi connectivity index (χ0n) is 19.2. The van der Waals surface area contributed by atoms with Gasteiger partial charge in [-0.25, -0.2) is 4.98 Å². The minimum absolute atomic E-state index is 0.0371. The third-order valence-electron chi connectivity index (χ3n) is 5.32. The second kappa shape index (κ2) is 9.55. The summed E-state index contributed by atoms with van der Waals surface area (Å²) in [5, 5.41) is 0.623. The SMILES string of the molecule is CCCN(C(=O)CC(C)CC(C)(C)C)C(C)c1nc2ccccc2c(=O)n1CC. The van der Waals surface area contributed by atoms with Crippen molar-refractivity contribution in [3.8, 4) is 0 Å². The summed E-state index contributed by atoms with van der Waals surface area (Å²) in [6.07, 6.45) is 2.39. The Labute approximate surface area is 175 Å². The van der Waals surface area contributed by atoms with Gasteiger partial charge in [-0.1, -0.05) is 46.8 Å². The quantitative estimate of drug-likeness (QED) is 0.615. The molecule has 0 radical (unpaired) electrons. The van der Waals surface area contributed by atoms with Gasteiger partial charge in [-0.3, -0.25) is 14.2 Å². The van der Waals surface area contributed by atoms with E-state index in [1.54, 1.807) is 4.57 Å². The number of carbonyl (C=O) groups excluding carboxylic acids is 1. The van der Waals surface area contributed by atoms with Gasteiger partial charge in [-0.15, -0.1) is 0 Å². The molecular weight excluding hydrogens is 362 g/mol. The molecule has 1 aromatic heterocycles. The van der Waals surface area contributed by atoms with Crippen LogP contribution in [0.3, 0.4) is 0 Å². The standard InChI is InChI=1S/C24H37N3O2/c1-8-14-27(21(28)15-17(3)16-24(5,6)7)18(4)22-25-20-13-11-10-12-19(20)23(29)26(22)9-2/h10-13,17-18H,8-9,14-16H2,1-7H3. The zero-order valence-corrected chi connectivity index (χ0v) is 19.2. The van der Waals surface area contributed by atoms with E-state index < -0.39 is 0 Å². The average Bonchev–Trinajstić information content (AvgIpc) is 2.63. The predicted octanol–water partition coefficient (Wildman–Crippen LogP) is 5.18. The van der Waals surface area contributed by atoms with Gasteiger partial charge in [0, 0.05) is 19.5 Å². The molecule has 1 aromatic carbocycles. The number of rotatable bonds is 8. The first-order valence-corrected chi connectivity index (χ1v) is 10.9. The summed E-state index contributed by atoms with van der Waals surface area (Å²) in [6.45, 7) is 16.0. The molecule has 5 nitrogen and oxygen atoms in total. The minimum Gasteiger partial charge on any atom is -0.333 e. The predicted molar refractivity (Wildman–Crippen MR) is 120 cm³/mol. The topological polar surface area (TPSA) is 55.2 Å². The molecule has 0 aliphatic carbocycles. The Bertz CT molecular complexity index is 895. The molecule has 0 spiro atoms. The van der Waals surface area contributed by atoms with E-state index in [0.29, 0.717) is 42.2 Å². The van der Waals surface area contributed by atoms with Crippen LogP contribution in [0.25, 0.3) is 10.9 Å². The van der Waals surface area contributed by atoms with Gasteiger partial charge >= 0.3 is 0 Å². The molecule has 0 aliphatic rings. The molecule has 0 saturated carbocycles. The van der Waals surface area contributed by atoms with E-state index in [9.17, 15) is 9.59 Å². The van der Waals surface area contributed by atoms with Crippen molar-refractivity contribution in [2.75, 3.05) is 6.54 Å². The Morgan fingerprint density at radius 3 is 2.41 bits per heavy atom. The highest BCUT2D eigenvalue weighted by atomic mass is 16.2. The Morgan fingerprint density at radius 1 is 1.17 bits per heavy atom. The average molecular weight is 400 g/mol. The number of para-hydroxylation sites is 1. The van der Waals surface area contributed by atoms with Crippen molar-refractivity contribution >= 4 is 16.8 Å². The number of aromatic nitrogens is 2. The van der Waals surface area contributed by atoms with Gasteiger partial charge in [0.15, 0.2) is 0 Å². The third kappa shape index (κ3) is 5.68. The Morgan fingerprint density at radius 2 is 1.83 bits per heavy atom. The second-order valence-electron chi connectivity index (χ2n) is 9.37. The van der Waals surface area contributed by atoms with E-state index in [-0.39, 0.29) is 22.9 Å². The zero-order chi connectivity index (χ0) is 21.8. The molecule has 2 rings (SSSR count). The van der Waals surface area contributed by atoms with Gasteiger partial charge in [0.2, 0.25) is 5.91 Å². The van der Waals surface area contributed by atoms with E-state index >= 15 is 0 Å². The maximum Gasteiger partial charge on any atom is 0.261 e. The Balaban J connectivity index is 2.39. The fourth-order valence-electron chi connectivity index (χ4n) is 4.26. The van der Waals surface area contributed by atoms with Crippen molar-refractivity contribution in [2.45, 2.75) is 80.3 Å². The first kappa shape index (κ1) is 23.1. The molecule has 2 unspecified atom stereocenters. The van der Waals surface area contributed by atoms with Crippen molar-refractivity contribution in [2.24, 2.45) is 11.3 Å². The van der Waals surface area contributed by atoms with Crippen LogP contribution in [-0.4, -0.2) is 26.9 Å². The maximum atomic E-state index is 13.2. The molecule has 2 aromatic rings. The molecule has 29 heavy (non-hydrogen) atoms. The van der Waals surface area contributed by atoms with Gasteiger partial charge in [-0.2, -0.15) is 0 Å². The number of hydrogen-bond donors (Lipinski definition) is 0. The molecule has 1 heterocycles. The molecule has 0 aliphatic heterocycles. The highest BCUT2D eigenvalue weighted by Crippen LogP contribution is 2.28. The molecule has 160 valence electrons. The molecular formula is C24H37N3O2. The van der Waals surface area contributed by atoms with E-state index in [0.717, 1.165) is 12.8 Å². The highest BCUT2D eigenvalue weighted by Gasteiger charge is 2.27. The first-order chi connectivity index (χ1) is 13.6. The fourth-order valence-corrected chi connectivity index (χ4v) is 4.26. The van der Waals surface area contributed by atoms with Gasteiger partial charge in [-0.05, 0) is 50.2 Å². The molecule has 1 amide bonds. The largest absolute Gasteiger partial charge is 0.333 e. The van der Waals surface area contributed by atoms with Crippen molar-refractivity contribution in [3.63, 3.8) is 0 Å². The van der Waals surface area contributed by atoms with Crippen molar-refractivity contribution in [1.29, 1.82) is 0 Å². The number of amides is 1. The summed E-state index contributed by atoms with van der Waals surface area (Å²) in [6, 6.07) is 7.18. The van der Waals surface area contributed by atoms with Gasteiger partial charge < -0.3 is 4.90 Å². The van der Waals surface area contributed by atoms with Crippen LogP contribution in [0.15, 0.2) is 29.1 Å². The van der Waals surface area contributed by atoms with Crippen LogP contribution in [0.2, 0.25) is 0 Å². The van der Waals surface area contributed by atoms with E-state index in [2.05, 4.69) is 34.6 Å². The second-order valence-corrected chi connectivity index (χ2v) is 9.37. The van der Waals surface area contributed by atoms with Crippen molar-refractivity contribution < 1.29 is 4.79 Å². The van der Waals surface area contributed by atoms with Gasteiger partial charge in [0.05, 0.1) is 16.9 Å². The summed E-state index contributed by atoms with van der Waals surface area (Å²) in [4.78, 5) is 32.9. The fraction of sp³-hybridized carbons (Fsp3) is 0.625. The van der Waals surface area contributed by atoms with Crippen LogP contribution < -0.4 is 5.56 Å².